The lowest BCUT2D eigenvalue weighted by atomic mass is 9.87. The standard InChI is InChI=1S/C15H32N2/c1-4-7-8-14(6-3)17-10-9-13(5-2)11-15(17)12-16/h13-15H,4-12,16H2,1-3H3. The molecule has 17 heavy (non-hydrogen) atoms. The molecule has 1 saturated heterocycles. The average molecular weight is 240 g/mol. The molecular formula is C15H32N2. The number of hydrogen-bond donors (Lipinski definition) is 1. The van der Waals surface area contributed by atoms with Crippen LogP contribution in [0.3, 0.4) is 0 Å². The van der Waals surface area contributed by atoms with Crippen molar-refractivity contribution in [1.29, 1.82) is 0 Å². The van der Waals surface area contributed by atoms with E-state index < -0.39 is 0 Å². The molecule has 3 unspecified atom stereocenters. The topological polar surface area (TPSA) is 29.3 Å². The first kappa shape index (κ1) is 15.0. The van der Waals surface area contributed by atoms with Crippen LogP contribution in [0.5, 0.6) is 0 Å². The Bertz CT molecular complexity index is 187. The summed E-state index contributed by atoms with van der Waals surface area (Å²) in [6, 6.07) is 1.43. The van der Waals surface area contributed by atoms with Crippen LogP contribution in [0.15, 0.2) is 0 Å². The van der Waals surface area contributed by atoms with Crippen LogP contribution in [0.25, 0.3) is 0 Å². The van der Waals surface area contributed by atoms with E-state index in [1.54, 1.807) is 0 Å². The zero-order chi connectivity index (χ0) is 12.7. The highest BCUT2D eigenvalue weighted by molar-refractivity contribution is 4.86. The van der Waals surface area contributed by atoms with Gasteiger partial charge in [0.05, 0.1) is 0 Å². The molecule has 0 aliphatic carbocycles. The molecule has 1 aliphatic rings. The summed E-state index contributed by atoms with van der Waals surface area (Å²) < 4.78 is 0. The summed E-state index contributed by atoms with van der Waals surface area (Å²) >= 11 is 0. The quantitative estimate of drug-likeness (QED) is 0.739. The summed E-state index contributed by atoms with van der Waals surface area (Å²) in [5.41, 5.74) is 5.99. The van der Waals surface area contributed by atoms with Crippen LogP contribution in [0.2, 0.25) is 0 Å². The van der Waals surface area contributed by atoms with E-state index in [0.717, 1.165) is 18.5 Å². The molecule has 0 radical (unpaired) electrons. The van der Waals surface area contributed by atoms with Crippen LogP contribution in [-0.2, 0) is 0 Å². The van der Waals surface area contributed by atoms with Crippen LogP contribution >= 0.6 is 0 Å². The second-order valence-electron chi connectivity index (χ2n) is 5.63. The zero-order valence-corrected chi connectivity index (χ0v) is 12.1. The second-order valence-corrected chi connectivity index (χ2v) is 5.63. The molecule has 2 heteroatoms. The van der Waals surface area contributed by atoms with E-state index >= 15 is 0 Å². The number of nitrogens with two attached hydrogens (primary N) is 1. The minimum atomic E-state index is 0.649. The first-order chi connectivity index (χ1) is 8.26. The van der Waals surface area contributed by atoms with Gasteiger partial charge in [-0.15, -0.1) is 0 Å². The molecule has 1 aliphatic heterocycles. The van der Waals surface area contributed by atoms with Crippen molar-refractivity contribution in [1.82, 2.24) is 4.90 Å². The molecule has 3 atom stereocenters. The van der Waals surface area contributed by atoms with Crippen molar-refractivity contribution < 1.29 is 0 Å². The molecule has 1 fully saturated rings. The van der Waals surface area contributed by atoms with Gasteiger partial charge in [0.2, 0.25) is 0 Å². The van der Waals surface area contributed by atoms with Crippen LogP contribution in [-0.4, -0.2) is 30.1 Å². The van der Waals surface area contributed by atoms with Gasteiger partial charge in [-0.05, 0) is 38.1 Å². The molecule has 0 aromatic heterocycles. The Kier molecular flexibility index (Phi) is 7.14. The fourth-order valence-electron chi connectivity index (χ4n) is 3.28. The van der Waals surface area contributed by atoms with E-state index in [-0.39, 0.29) is 0 Å². The van der Waals surface area contributed by atoms with Crippen molar-refractivity contribution in [3.8, 4) is 0 Å². The van der Waals surface area contributed by atoms with Gasteiger partial charge in [-0.1, -0.05) is 40.0 Å². The largest absolute Gasteiger partial charge is 0.329 e. The van der Waals surface area contributed by atoms with Crippen LogP contribution in [0.1, 0.15) is 65.7 Å². The molecule has 0 spiro atoms. The molecule has 0 aromatic rings. The summed E-state index contributed by atoms with van der Waals surface area (Å²) in [5.74, 6) is 0.920. The van der Waals surface area contributed by atoms with Crippen molar-refractivity contribution in [3.63, 3.8) is 0 Å². The van der Waals surface area contributed by atoms with E-state index in [4.69, 9.17) is 5.73 Å². The van der Waals surface area contributed by atoms with Gasteiger partial charge in [-0.3, -0.25) is 4.90 Å². The van der Waals surface area contributed by atoms with Crippen molar-refractivity contribution >= 4 is 0 Å². The van der Waals surface area contributed by atoms with Gasteiger partial charge < -0.3 is 5.73 Å². The van der Waals surface area contributed by atoms with E-state index in [0.29, 0.717) is 6.04 Å². The lowest BCUT2D eigenvalue weighted by Crippen LogP contribution is -2.51. The van der Waals surface area contributed by atoms with Gasteiger partial charge in [0.15, 0.2) is 0 Å². The first-order valence-electron chi connectivity index (χ1n) is 7.72. The second kappa shape index (κ2) is 8.10. The van der Waals surface area contributed by atoms with Gasteiger partial charge >= 0.3 is 0 Å². The highest BCUT2D eigenvalue weighted by Crippen LogP contribution is 2.28. The predicted molar refractivity (Wildman–Crippen MR) is 76.2 cm³/mol. The monoisotopic (exact) mass is 240 g/mol. The van der Waals surface area contributed by atoms with Crippen molar-refractivity contribution in [3.05, 3.63) is 0 Å². The van der Waals surface area contributed by atoms with Crippen molar-refractivity contribution in [2.75, 3.05) is 13.1 Å². The molecule has 0 amide bonds. The van der Waals surface area contributed by atoms with Crippen LogP contribution in [0, 0.1) is 5.92 Å². The van der Waals surface area contributed by atoms with Crippen LogP contribution < -0.4 is 5.73 Å². The van der Waals surface area contributed by atoms with Gasteiger partial charge in [0.25, 0.3) is 0 Å². The summed E-state index contributed by atoms with van der Waals surface area (Å²) in [6.45, 7) is 9.07. The number of unbranched alkanes of at least 4 members (excludes halogenated alkanes) is 1. The number of hydrogen-bond acceptors (Lipinski definition) is 2. The average Bonchev–Trinajstić information content (AvgIpc) is 2.39. The predicted octanol–water partition coefficient (Wildman–Crippen LogP) is 3.40. The van der Waals surface area contributed by atoms with Gasteiger partial charge in [-0.2, -0.15) is 0 Å². The van der Waals surface area contributed by atoms with E-state index in [1.807, 2.05) is 0 Å². The highest BCUT2D eigenvalue weighted by atomic mass is 15.2. The minimum Gasteiger partial charge on any atom is -0.329 e. The first-order valence-corrected chi connectivity index (χ1v) is 7.72. The third-order valence-corrected chi connectivity index (χ3v) is 4.55. The maximum Gasteiger partial charge on any atom is 0.0223 e. The molecule has 2 N–H and O–H groups in total. The minimum absolute atomic E-state index is 0.649. The number of piperidine rings is 1. The van der Waals surface area contributed by atoms with Gasteiger partial charge in [0.1, 0.15) is 0 Å². The van der Waals surface area contributed by atoms with Crippen molar-refractivity contribution in [2.45, 2.75) is 77.8 Å². The molecule has 0 saturated carbocycles. The SMILES string of the molecule is CCCCC(CC)N1CCC(CC)CC1CN. The molecule has 2 nitrogen and oxygen atoms in total. The Balaban J connectivity index is 2.54. The normalized spacial score (nSPS) is 28.2. The number of likely N-dealkylation sites (tertiary alicyclic amines) is 1. The molecule has 0 bridgehead atoms. The van der Waals surface area contributed by atoms with Crippen molar-refractivity contribution in [2.24, 2.45) is 11.7 Å². The Labute approximate surface area is 108 Å². The number of nitrogens with zero attached hydrogens (tertiary/aromatic N) is 1. The Morgan fingerprint density at radius 1 is 1.29 bits per heavy atom. The fourth-order valence-corrected chi connectivity index (χ4v) is 3.28. The van der Waals surface area contributed by atoms with Crippen LogP contribution in [0.4, 0.5) is 0 Å². The summed E-state index contributed by atoms with van der Waals surface area (Å²) in [7, 11) is 0. The van der Waals surface area contributed by atoms with E-state index in [1.165, 1.54) is 51.5 Å². The summed E-state index contributed by atoms with van der Waals surface area (Å²) in [6.07, 6.45) is 9.37. The zero-order valence-electron chi connectivity index (χ0n) is 12.1. The van der Waals surface area contributed by atoms with Gasteiger partial charge in [0, 0.05) is 18.6 Å². The highest BCUT2D eigenvalue weighted by Gasteiger charge is 2.30. The smallest absolute Gasteiger partial charge is 0.0223 e. The Hall–Kier alpha value is -0.0800. The molecule has 0 aromatic carbocycles. The summed E-state index contributed by atoms with van der Waals surface area (Å²) in [4.78, 5) is 2.72. The summed E-state index contributed by atoms with van der Waals surface area (Å²) in [5, 5.41) is 0. The number of rotatable bonds is 7. The maximum atomic E-state index is 5.99. The fraction of sp³-hybridized carbons (Fsp3) is 1.00. The maximum absolute atomic E-state index is 5.99. The Morgan fingerprint density at radius 2 is 2.06 bits per heavy atom. The van der Waals surface area contributed by atoms with E-state index in [9.17, 15) is 0 Å². The molecule has 1 rings (SSSR count). The lowest BCUT2D eigenvalue weighted by molar-refractivity contribution is 0.0632. The van der Waals surface area contributed by atoms with E-state index in [2.05, 4.69) is 25.7 Å². The molecule has 1 heterocycles. The third-order valence-electron chi connectivity index (χ3n) is 4.55. The third kappa shape index (κ3) is 4.26. The van der Waals surface area contributed by atoms with Gasteiger partial charge in [-0.25, -0.2) is 0 Å². The lowest BCUT2D eigenvalue weighted by Gasteiger charge is -2.43. The molecule has 102 valence electrons. The molecular weight excluding hydrogens is 208 g/mol. The Morgan fingerprint density at radius 3 is 2.59 bits per heavy atom.